The van der Waals surface area contributed by atoms with Crippen molar-refractivity contribution in [2.24, 2.45) is 5.73 Å². The highest BCUT2D eigenvalue weighted by molar-refractivity contribution is 9.10. The van der Waals surface area contributed by atoms with Gasteiger partial charge in [-0.15, -0.1) is 0 Å². The van der Waals surface area contributed by atoms with E-state index in [9.17, 15) is 9.59 Å². The van der Waals surface area contributed by atoms with E-state index in [4.69, 9.17) is 10.5 Å². The number of aldehydes is 1. The Morgan fingerprint density at radius 1 is 1.32 bits per heavy atom. The highest BCUT2D eigenvalue weighted by atomic mass is 79.9. The van der Waals surface area contributed by atoms with E-state index in [1.165, 1.54) is 6.20 Å². The smallest absolute Gasteiger partial charge is 0.248 e. The maximum Gasteiger partial charge on any atom is 0.248 e. The predicted octanol–water partition coefficient (Wildman–Crippen LogP) is 2.55. The van der Waals surface area contributed by atoms with Gasteiger partial charge in [-0.25, -0.2) is 4.98 Å². The van der Waals surface area contributed by atoms with Crippen molar-refractivity contribution in [1.82, 2.24) is 4.98 Å². The van der Waals surface area contributed by atoms with Crippen LogP contribution in [-0.4, -0.2) is 17.2 Å². The van der Waals surface area contributed by atoms with Gasteiger partial charge in [0.15, 0.2) is 6.29 Å². The summed E-state index contributed by atoms with van der Waals surface area (Å²) in [7, 11) is 0. The van der Waals surface area contributed by atoms with Crippen LogP contribution < -0.4 is 10.5 Å². The fourth-order valence-corrected chi connectivity index (χ4v) is 1.83. The Balaban J connectivity index is 2.22. The Kier molecular flexibility index (Phi) is 3.91. The third kappa shape index (κ3) is 3.17. The molecule has 0 fully saturated rings. The number of primary amides is 1. The van der Waals surface area contributed by atoms with Crippen LogP contribution in [0.25, 0.3) is 0 Å². The molecule has 1 amide bonds. The number of hydrogen-bond donors (Lipinski definition) is 1. The summed E-state index contributed by atoms with van der Waals surface area (Å²) >= 11 is 3.28. The lowest BCUT2D eigenvalue weighted by atomic mass is 10.2. The number of carbonyl (C=O) groups is 2. The van der Waals surface area contributed by atoms with Gasteiger partial charge in [0, 0.05) is 23.4 Å². The van der Waals surface area contributed by atoms with E-state index in [1.54, 1.807) is 30.3 Å². The highest BCUT2D eigenvalue weighted by Crippen LogP contribution is 2.29. The lowest BCUT2D eigenvalue weighted by Gasteiger charge is -2.07. The summed E-state index contributed by atoms with van der Waals surface area (Å²) in [5, 5.41) is 0. The topological polar surface area (TPSA) is 82.3 Å². The molecular weight excluding hydrogens is 312 g/mol. The molecule has 0 bridgehead atoms. The average molecular weight is 321 g/mol. The van der Waals surface area contributed by atoms with Gasteiger partial charge in [0.05, 0.1) is 4.47 Å². The van der Waals surface area contributed by atoms with Crippen LogP contribution in [0.2, 0.25) is 0 Å². The standard InChI is InChI=1S/C13H9BrN2O3/c14-10-5-9(13(15)18)2-3-11(10)19-12-4-1-8(7-17)6-16-12/h1-7H,(H2,15,18). The van der Waals surface area contributed by atoms with E-state index < -0.39 is 5.91 Å². The van der Waals surface area contributed by atoms with Crippen molar-refractivity contribution < 1.29 is 14.3 Å². The summed E-state index contributed by atoms with van der Waals surface area (Å²) < 4.78 is 6.11. The van der Waals surface area contributed by atoms with Crippen molar-refractivity contribution in [1.29, 1.82) is 0 Å². The molecule has 0 aliphatic carbocycles. The first-order chi connectivity index (χ1) is 9.10. The van der Waals surface area contributed by atoms with Gasteiger partial charge in [0.2, 0.25) is 11.8 Å². The van der Waals surface area contributed by atoms with Crippen LogP contribution in [0.3, 0.4) is 0 Å². The van der Waals surface area contributed by atoms with Crippen LogP contribution >= 0.6 is 15.9 Å². The summed E-state index contributed by atoms with van der Waals surface area (Å²) in [4.78, 5) is 25.5. The number of rotatable bonds is 4. The monoisotopic (exact) mass is 320 g/mol. The van der Waals surface area contributed by atoms with Gasteiger partial charge in [-0.2, -0.15) is 0 Å². The van der Waals surface area contributed by atoms with Gasteiger partial charge < -0.3 is 10.5 Å². The minimum atomic E-state index is -0.513. The van der Waals surface area contributed by atoms with E-state index >= 15 is 0 Å². The number of nitrogens with zero attached hydrogens (tertiary/aromatic N) is 1. The molecular formula is C13H9BrN2O3. The highest BCUT2D eigenvalue weighted by Gasteiger charge is 2.07. The molecule has 96 valence electrons. The number of benzene rings is 1. The molecule has 19 heavy (non-hydrogen) atoms. The van der Waals surface area contributed by atoms with E-state index in [2.05, 4.69) is 20.9 Å². The summed E-state index contributed by atoms with van der Waals surface area (Å²) in [6, 6.07) is 7.92. The first-order valence-electron chi connectivity index (χ1n) is 5.28. The summed E-state index contributed by atoms with van der Waals surface area (Å²) in [6.45, 7) is 0. The van der Waals surface area contributed by atoms with Gasteiger partial charge >= 0.3 is 0 Å². The predicted molar refractivity (Wildman–Crippen MR) is 72.4 cm³/mol. The molecule has 0 atom stereocenters. The van der Waals surface area contributed by atoms with Crippen LogP contribution in [0.1, 0.15) is 20.7 Å². The molecule has 2 N–H and O–H groups in total. The normalized spacial score (nSPS) is 9.95. The largest absolute Gasteiger partial charge is 0.438 e. The molecule has 0 spiro atoms. The van der Waals surface area contributed by atoms with E-state index in [-0.39, 0.29) is 0 Å². The molecule has 0 aliphatic heterocycles. The average Bonchev–Trinajstić information content (AvgIpc) is 2.41. The lowest BCUT2D eigenvalue weighted by Crippen LogP contribution is -2.10. The van der Waals surface area contributed by atoms with Gasteiger partial charge in [-0.05, 0) is 40.2 Å². The number of amides is 1. The summed E-state index contributed by atoms with van der Waals surface area (Å²) in [5.41, 5.74) is 6.02. The minimum Gasteiger partial charge on any atom is -0.438 e. The zero-order chi connectivity index (χ0) is 13.8. The molecule has 0 unspecified atom stereocenters. The molecule has 1 heterocycles. The van der Waals surface area contributed by atoms with E-state index in [0.717, 1.165) is 0 Å². The third-order valence-corrected chi connectivity index (χ3v) is 2.95. The van der Waals surface area contributed by atoms with Gasteiger partial charge in [0.25, 0.3) is 0 Å². The Bertz CT molecular complexity index is 626. The minimum absolute atomic E-state index is 0.345. The number of hydrogen-bond acceptors (Lipinski definition) is 4. The molecule has 0 saturated carbocycles. The molecule has 1 aromatic carbocycles. The first kappa shape index (κ1) is 13.2. The molecule has 1 aromatic heterocycles. The van der Waals surface area contributed by atoms with Gasteiger partial charge in [-0.1, -0.05) is 0 Å². The maximum absolute atomic E-state index is 11.0. The number of ether oxygens (including phenoxy) is 1. The van der Waals surface area contributed by atoms with Crippen LogP contribution in [0, 0.1) is 0 Å². The Morgan fingerprint density at radius 2 is 2.11 bits per heavy atom. The Morgan fingerprint density at radius 3 is 2.63 bits per heavy atom. The molecule has 0 saturated heterocycles. The molecule has 2 rings (SSSR count). The van der Waals surface area contributed by atoms with Crippen molar-refractivity contribution in [3.05, 3.63) is 52.1 Å². The zero-order valence-corrected chi connectivity index (χ0v) is 11.3. The summed E-state index contributed by atoms with van der Waals surface area (Å²) in [5.74, 6) is 0.329. The number of carbonyl (C=O) groups excluding carboxylic acids is 2. The maximum atomic E-state index is 11.0. The second-order valence-electron chi connectivity index (χ2n) is 3.66. The van der Waals surface area contributed by atoms with E-state index in [0.29, 0.717) is 33.5 Å². The van der Waals surface area contributed by atoms with Gasteiger partial charge in [0.1, 0.15) is 5.75 Å². The number of aromatic nitrogens is 1. The van der Waals surface area contributed by atoms with Crippen molar-refractivity contribution in [2.45, 2.75) is 0 Å². The van der Waals surface area contributed by atoms with Crippen LogP contribution in [0.15, 0.2) is 41.0 Å². The SMILES string of the molecule is NC(=O)c1ccc(Oc2ccc(C=O)cn2)c(Br)c1. The number of pyridine rings is 1. The van der Waals surface area contributed by atoms with Crippen molar-refractivity contribution in [3.63, 3.8) is 0 Å². The molecule has 0 aliphatic rings. The van der Waals surface area contributed by atoms with Crippen molar-refractivity contribution >= 4 is 28.1 Å². The lowest BCUT2D eigenvalue weighted by molar-refractivity contribution is 0.0999. The molecule has 0 radical (unpaired) electrons. The zero-order valence-electron chi connectivity index (χ0n) is 9.67. The van der Waals surface area contributed by atoms with Crippen LogP contribution in [-0.2, 0) is 0 Å². The fourth-order valence-electron chi connectivity index (χ4n) is 1.37. The molecule has 5 nitrogen and oxygen atoms in total. The van der Waals surface area contributed by atoms with Crippen LogP contribution in [0.4, 0.5) is 0 Å². The third-order valence-electron chi connectivity index (χ3n) is 2.33. The Labute approximate surface area is 117 Å². The molecule has 6 heteroatoms. The van der Waals surface area contributed by atoms with Gasteiger partial charge in [-0.3, -0.25) is 9.59 Å². The van der Waals surface area contributed by atoms with Crippen molar-refractivity contribution in [3.8, 4) is 11.6 Å². The second kappa shape index (κ2) is 5.62. The van der Waals surface area contributed by atoms with Crippen LogP contribution in [0.5, 0.6) is 11.6 Å². The molecule has 2 aromatic rings. The summed E-state index contributed by atoms with van der Waals surface area (Å²) in [6.07, 6.45) is 2.11. The quantitative estimate of drug-likeness (QED) is 0.877. The van der Waals surface area contributed by atoms with E-state index in [1.807, 2.05) is 0 Å². The first-order valence-corrected chi connectivity index (χ1v) is 6.08. The second-order valence-corrected chi connectivity index (χ2v) is 4.51. The van der Waals surface area contributed by atoms with Crippen molar-refractivity contribution in [2.75, 3.05) is 0 Å². The number of nitrogens with two attached hydrogens (primary N) is 1. The fraction of sp³-hybridized carbons (Fsp3) is 0. The Hall–Kier alpha value is -2.21. The number of halogens is 1.